The van der Waals surface area contributed by atoms with E-state index in [0.29, 0.717) is 34.1 Å². The Morgan fingerprint density at radius 2 is 1.56 bits per heavy atom. The van der Waals surface area contributed by atoms with Gasteiger partial charge in [-0.05, 0) is 49.5 Å². The van der Waals surface area contributed by atoms with Crippen molar-refractivity contribution in [3.05, 3.63) is 32.8 Å². The Bertz CT molecular complexity index is 351. The minimum Gasteiger partial charge on any atom is -0.330 e. The van der Waals surface area contributed by atoms with Crippen molar-refractivity contribution < 1.29 is 0 Å². The van der Waals surface area contributed by atoms with E-state index >= 15 is 0 Å². The molecule has 4 N–H and O–H groups in total. The average Bonchev–Trinajstić information content (AvgIpc) is 2.29. The Labute approximate surface area is 111 Å². The molecular weight excluding hydrogens is 266 g/mol. The Morgan fingerprint density at radius 1 is 1.00 bits per heavy atom. The number of hydrogen-bond donors (Lipinski definition) is 2. The highest BCUT2D eigenvalue weighted by molar-refractivity contribution is 6.44. The lowest BCUT2D eigenvalue weighted by Crippen LogP contribution is -2.23. The van der Waals surface area contributed by atoms with Gasteiger partial charge >= 0.3 is 0 Å². The molecule has 1 rings (SSSR count). The van der Waals surface area contributed by atoms with Gasteiger partial charge in [0, 0.05) is 5.02 Å². The van der Waals surface area contributed by atoms with Crippen LogP contribution in [-0.4, -0.2) is 13.1 Å². The first kappa shape index (κ1) is 14.1. The maximum absolute atomic E-state index is 6.09. The van der Waals surface area contributed by atoms with Gasteiger partial charge in [0.1, 0.15) is 0 Å². The summed E-state index contributed by atoms with van der Waals surface area (Å²) in [5.41, 5.74) is 12.0. The van der Waals surface area contributed by atoms with Crippen LogP contribution in [0.2, 0.25) is 15.1 Å². The van der Waals surface area contributed by atoms with Crippen molar-refractivity contribution in [3.63, 3.8) is 0 Å². The van der Waals surface area contributed by atoms with Crippen molar-refractivity contribution >= 4 is 34.8 Å². The second-order valence-electron chi connectivity index (χ2n) is 3.70. The van der Waals surface area contributed by atoms with Crippen molar-refractivity contribution in [2.75, 3.05) is 13.1 Å². The fraction of sp³-hybridized carbons (Fsp3) is 0.455. The zero-order valence-electron chi connectivity index (χ0n) is 8.85. The molecule has 16 heavy (non-hydrogen) atoms. The monoisotopic (exact) mass is 280 g/mol. The summed E-state index contributed by atoms with van der Waals surface area (Å²) < 4.78 is 0. The summed E-state index contributed by atoms with van der Waals surface area (Å²) in [6.07, 6.45) is 1.62. The molecule has 0 saturated carbocycles. The summed E-state index contributed by atoms with van der Waals surface area (Å²) in [6, 6.07) is 3.45. The third-order valence-electron chi connectivity index (χ3n) is 2.61. The normalized spacial score (nSPS) is 11.1. The van der Waals surface area contributed by atoms with Crippen molar-refractivity contribution in [2.24, 2.45) is 17.4 Å². The van der Waals surface area contributed by atoms with Gasteiger partial charge in [0.25, 0.3) is 0 Å². The molecule has 0 saturated heterocycles. The largest absolute Gasteiger partial charge is 0.330 e. The van der Waals surface area contributed by atoms with E-state index in [0.717, 1.165) is 18.4 Å². The molecule has 5 heteroatoms. The van der Waals surface area contributed by atoms with E-state index < -0.39 is 0 Å². The highest BCUT2D eigenvalue weighted by Crippen LogP contribution is 2.32. The average molecular weight is 282 g/mol. The molecule has 0 aromatic heterocycles. The number of hydrogen-bond acceptors (Lipinski definition) is 2. The molecule has 0 heterocycles. The summed E-state index contributed by atoms with van der Waals surface area (Å²) in [5, 5.41) is 1.70. The van der Waals surface area contributed by atoms with Gasteiger partial charge in [0.15, 0.2) is 0 Å². The van der Waals surface area contributed by atoms with Crippen LogP contribution in [-0.2, 0) is 6.42 Å². The van der Waals surface area contributed by atoms with Gasteiger partial charge < -0.3 is 11.5 Å². The summed E-state index contributed by atoms with van der Waals surface area (Å²) in [6.45, 7) is 1.15. The molecule has 0 unspecified atom stereocenters. The van der Waals surface area contributed by atoms with Crippen LogP contribution in [0.3, 0.4) is 0 Å². The third-order valence-corrected chi connectivity index (χ3v) is 3.81. The lowest BCUT2D eigenvalue weighted by Gasteiger charge is -2.13. The standard InChI is InChI=1S/C11H15Cl3N2/c12-9-3-4-10(13)11(14)8(9)2-1-7(5-15)6-16/h3-4,7H,1-2,5-6,15-16H2. The molecule has 0 fully saturated rings. The first-order chi connectivity index (χ1) is 7.60. The number of benzene rings is 1. The SMILES string of the molecule is NCC(CN)CCc1c(Cl)ccc(Cl)c1Cl. The van der Waals surface area contributed by atoms with Crippen LogP contribution < -0.4 is 11.5 Å². The van der Waals surface area contributed by atoms with Gasteiger partial charge in [-0.25, -0.2) is 0 Å². The van der Waals surface area contributed by atoms with Crippen LogP contribution in [0.25, 0.3) is 0 Å². The van der Waals surface area contributed by atoms with Gasteiger partial charge in [0.2, 0.25) is 0 Å². The zero-order valence-corrected chi connectivity index (χ0v) is 11.1. The molecule has 0 amide bonds. The molecule has 90 valence electrons. The predicted octanol–water partition coefficient (Wildman–Crippen LogP) is 3.11. The van der Waals surface area contributed by atoms with Crippen LogP contribution in [0, 0.1) is 5.92 Å². The first-order valence-corrected chi connectivity index (χ1v) is 6.26. The van der Waals surface area contributed by atoms with Crippen LogP contribution >= 0.6 is 34.8 Å². The van der Waals surface area contributed by atoms with Crippen molar-refractivity contribution in [2.45, 2.75) is 12.8 Å². The zero-order chi connectivity index (χ0) is 12.1. The second-order valence-corrected chi connectivity index (χ2v) is 4.89. The smallest absolute Gasteiger partial charge is 0.0639 e. The maximum Gasteiger partial charge on any atom is 0.0639 e. The van der Waals surface area contributed by atoms with E-state index in [1.807, 2.05) is 0 Å². The van der Waals surface area contributed by atoms with Crippen LogP contribution in [0.1, 0.15) is 12.0 Å². The Morgan fingerprint density at radius 3 is 2.12 bits per heavy atom. The van der Waals surface area contributed by atoms with E-state index in [1.54, 1.807) is 12.1 Å². The van der Waals surface area contributed by atoms with Crippen LogP contribution in [0.15, 0.2) is 12.1 Å². The first-order valence-electron chi connectivity index (χ1n) is 5.12. The van der Waals surface area contributed by atoms with E-state index in [-0.39, 0.29) is 0 Å². The predicted molar refractivity (Wildman–Crippen MR) is 71.4 cm³/mol. The van der Waals surface area contributed by atoms with E-state index in [1.165, 1.54) is 0 Å². The second kappa shape index (κ2) is 6.67. The van der Waals surface area contributed by atoms with Crippen LogP contribution in [0.4, 0.5) is 0 Å². The summed E-state index contributed by atoms with van der Waals surface area (Å²) in [5.74, 6) is 0.297. The molecule has 0 bridgehead atoms. The van der Waals surface area contributed by atoms with E-state index in [4.69, 9.17) is 46.3 Å². The quantitative estimate of drug-likeness (QED) is 0.815. The molecule has 1 aromatic carbocycles. The molecule has 0 atom stereocenters. The fourth-order valence-corrected chi connectivity index (χ4v) is 2.22. The summed E-state index contributed by atoms with van der Waals surface area (Å²) in [7, 11) is 0. The van der Waals surface area contributed by atoms with Gasteiger partial charge in [-0.15, -0.1) is 0 Å². The number of rotatable bonds is 5. The van der Waals surface area contributed by atoms with E-state index in [2.05, 4.69) is 0 Å². The Hall–Kier alpha value is 0.01000. The Balaban J connectivity index is 2.77. The fourth-order valence-electron chi connectivity index (χ4n) is 1.48. The van der Waals surface area contributed by atoms with Gasteiger partial charge in [0.05, 0.1) is 10.0 Å². The molecule has 0 radical (unpaired) electrons. The van der Waals surface area contributed by atoms with Crippen LogP contribution in [0.5, 0.6) is 0 Å². The highest BCUT2D eigenvalue weighted by atomic mass is 35.5. The number of nitrogens with two attached hydrogens (primary N) is 2. The third kappa shape index (κ3) is 3.51. The minimum absolute atomic E-state index is 0.297. The van der Waals surface area contributed by atoms with E-state index in [9.17, 15) is 0 Å². The lowest BCUT2D eigenvalue weighted by atomic mass is 9.99. The topological polar surface area (TPSA) is 52.0 Å². The van der Waals surface area contributed by atoms with Crippen molar-refractivity contribution in [1.29, 1.82) is 0 Å². The minimum atomic E-state index is 0.297. The van der Waals surface area contributed by atoms with Gasteiger partial charge in [-0.3, -0.25) is 0 Å². The maximum atomic E-state index is 6.09. The summed E-state index contributed by atoms with van der Waals surface area (Å²) in [4.78, 5) is 0. The number of halogens is 3. The van der Waals surface area contributed by atoms with Gasteiger partial charge in [-0.2, -0.15) is 0 Å². The summed E-state index contributed by atoms with van der Waals surface area (Å²) >= 11 is 18.1. The highest BCUT2D eigenvalue weighted by Gasteiger charge is 2.12. The molecule has 0 aliphatic carbocycles. The Kier molecular flexibility index (Phi) is 5.87. The molecular formula is C11H15Cl3N2. The molecule has 0 spiro atoms. The van der Waals surface area contributed by atoms with Gasteiger partial charge in [-0.1, -0.05) is 34.8 Å². The lowest BCUT2D eigenvalue weighted by molar-refractivity contribution is 0.508. The van der Waals surface area contributed by atoms with Crippen molar-refractivity contribution in [1.82, 2.24) is 0 Å². The molecule has 0 aliphatic heterocycles. The molecule has 0 aliphatic rings. The van der Waals surface area contributed by atoms with Crippen molar-refractivity contribution in [3.8, 4) is 0 Å². The molecule has 2 nitrogen and oxygen atoms in total. The molecule has 1 aromatic rings.